The second-order valence-electron chi connectivity index (χ2n) is 2.57. The van der Waals surface area contributed by atoms with E-state index in [0.29, 0.717) is 16.3 Å². The van der Waals surface area contributed by atoms with E-state index >= 15 is 0 Å². The third kappa shape index (κ3) is 0.524. The van der Waals surface area contributed by atoms with Gasteiger partial charge in [0.1, 0.15) is 0 Å². The first-order valence-corrected chi connectivity index (χ1v) is 3.95. The van der Waals surface area contributed by atoms with Gasteiger partial charge in [-0.3, -0.25) is 4.79 Å². The van der Waals surface area contributed by atoms with Gasteiger partial charge in [-0.2, -0.15) is 0 Å². The van der Waals surface area contributed by atoms with E-state index in [4.69, 9.17) is 0 Å². The summed E-state index contributed by atoms with van der Waals surface area (Å²) in [6.07, 6.45) is 3.65. The van der Waals surface area contributed by atoms with Gasteiger partial charge in [-0.15, -0.1) is 0 Å². The molecule has 1 aliphatic heterocycles. The van der Waals surface area contributed by atoms with Crippen LogP contribution in [0.3, 0.4) is 0 Å². The Labute approximate surface area is 52.8 Å². The van der Waals surface area contributed by atoms with E-state index in [1.54, 1.807) is 11.8 Å². The number of hydrogen-bond donors (Lipinski definition) is 0. The zero-order valence-electron chi connectivity index (χ0n) is 4.59. The number of hydrogen-bond acceptors (Lipinski definition) is 2. The number of rotatable bonds is 0. The average molecular weight is 128 g/mol. The summed E-state index contributed by atoms with van der Waals surface area (Å²) < 4.78 is 0. The molecule has 2 rings (SSSR count). The van der Waals surface area contributed by atoms with Crippen LogP contribution in [0.2, 0.25) is 0 Å². The molecule has 2 unspecified atom stereocenters. The maximum absolute atomic E-state index is 10.8. The van der Waals surface area contributed by atoms with Gasteiger partial charge in [0, 0.05) is 11.2 Å². The molecule has 2 fully saturated rings. The standard InChI is InChI=1S/C6H8OS/c7-6-4-1-2-5(3-4)8-6/h4-5H,1-3H2. The molecular formula is C6H8OS. The SMILES string of the molecule is O=C1SC2CCC1C2. The van der Waals surface area contributed by atoms with Gasteiger partial charge in [-0.05, 0) is 19.3 Å². The molecule has 1 saturated carbocycles. The Morgan fingerprint density at radius 1 is 1.50 bits per heavy atom. The van der Waals surface area contributed by atoms with Crippen molar-refractivity contribution >= 4 is 16.9 Å². The van der Waals surface area contributed by atoms with Crippen molar-refractivity contribution in [3.63, 3.8) is 0 Å². The molecule has 1 nitrogen and oxygen atoms in total. The van der Waals surface area contributed by atoms with Crippen LogP contribution in [0.5, 0.6) is 0 Å². The largest absolute Gasteiger partial charge is 0.287 e. The number of thioether (sulfide) groups is 1. The fraction of sp³-hybridized carbons (Fsp3) is 0.833. The number of carbonyl (C=O) groups is 1. The molecule has 1 heterocycles. The summed E-state index contributed by atoms with van der Waals surface area (Å²) in [5, 5.41) is 1.17. The lowest BCUT2D eigenvalue weighted by atomic mass is 10.1. The van der Waals surface area contributed by atoms with Crippen molar-refractivity contribution < 1.29 is 4.79 Å². The van der Waals surface area contributed by atoms with Crippen molar-refractivity contribution in [1.82, 2.24) is 0 Å². The minimum atomic E-state index is 0.459. The van der Waals surface area contributed by atoms with Crippen LogP contribution in [0.4, 0.5) is 0 Å². The highest BCUT2D eigenvalue weighted by molar-refractivity contribution is 8.14. The lowest BCUT2D eigenvalue weighted by Crippen LogP contribution is -2.03. The van der Waals surface area contributed by atoms with Crippen LogP contribution in [0.15, 0.2) is 0 Å². The van der Waals surface area contributed by atoms with Crippen molar-refractivity contribution in [1.29, 1.82) is 0 Å². The molecule has 8 heavy (non-hydrogen) atoms. The minimum Gasteiger partial charge on any atom is -0.287 e. The van der Waals surface area contributed by atoms with Crippen LogP contribution in [-0.4, -0.2) is 10.4 Å². The lowest BCUT2D eigenvalue weighted by molar-refractivity contribution is -0.113. The molecule has 2 heteroatoms. The van der Waals surface area contributed by atoms with E-state index < -0.39 is 0 Å². The van der Waals surface area contributed by atoms with Gasteiger partial charge < -0.3 is 0 Å². The monoisotopic (exact) mass is 128 g/mol. The highest BCUT2D eigenvalue weighted by Gasteiger charge is 2.38. The molecule has 1 saturated heterocycles. The molecule has 2 aliphatic rings. The third-order valence-electron chi connectivity index (χ3n) is 2.00. The molecule has 0 spiro atoms. The second kappa shape index (κ2) is 1.50. The van der Waals surface area contributed by atoms with Crippen LogP contribution in [-0.2, 0) is 4.79 Å². The first-order valence-electron chi connectivity index (χ1n) is 3.07. The van der Waals surface area contributed by atoms with Gasteiger partial charge >= 0.3 is 0 Å². The molecule has 1 aliphatic carbocycles. The minimum absolute atomic E-state index is 0.459. The molecular weight excluding hydrogens is 120 g/mol. The Hall–Kier alpha value is 0.0200. The Morgan fingerprint density at radius 3 is 2.62 bits per heavy atom. The van der Waals surface area contributed by atoms with E-state index in [0.717, 1.165) is 0 Å². The summed E-state index contributed by atoms with van der Waals surface area (Å²) in [4.78, 5) is 10.8. The van der Waals surface area contributed by atoms with Crippen LogP contribution >= 0.6 is 11.8 Å². The molecule has 0 aromatic carbocycles. The van der Waals surface area contributed by atoms with Crippen molar-refractivity contribution in [2.75, 3.05) is 0 Å². The second-order valence-corrected chi connectivity index (χ2v) is 3.87. The van der Waals surface area contributed by atoms with Gasteiger partial charge in [0.15, 0.2) is 5.12 Å². The van der Waals surface area contributed by atoms with Gasteiger partial charge in [-0.1, -0.05) is 11.8 Å². The molecule has 44 valence electrons. The molecule has 0 radical (unpaired) electrons. The number of carbonyl (C=O) groups excluding carboxylic acids is 1. The van der Waals surface area contributed by atoms with Gasteiger partial charge in [0.25, 0.3) is 0 Å². The zero-order valence-corrected chi connectivity index (χ0v) is 5.41. The van der Waals surface area contributed by atoms with E-state index in [1.807, 2.05) is 0 Å². The van der Waals surface area contributed by atoms with Crippen LogP contribution < -0.4 is 0 Å². The van der Waals surface area contributed by atoms with Crippen LogP contribution in [0, 0.1) is 5.92 Å². The van der Waals surface area contributed by atoms with Crippen LogP contribution in [0.25, 0.3) is 0 Å². The van der Waals surface area contributed by atoms with Gasteiger partial charge in [-0.25, -0.2) is 0 Å². The van der Waals surface area contributed by atoms with E-state index in [-0.39, 0.29) is 0 Å². The molecule has 0 amide bonds. The molecule has 2 bridgehead atoms. The average Bonchev–Trinajstić information content (AvgIpc) is 2.23. The summed E-state index contributed by atoms with van der Waals surface area (Å²) >= 11 is 1.58. The van der Waals surface area contributed by atoms with Crippen molar-refractivity contribution in [3.8, 4) is 0 Å². The summed E-state index contributed by atoms with van der Waals surface area (Å²) in [5.74, 6) is 0.463. The Bertz CT molecular complexity index is 132. The summed E-state index contributed by atoms with van der Waals surface area (Å²) in [5.41, 5.74) is 0. The molecule has 0 aromatic heterocycles. The normalized spacial score (nSPS) is 43.8. The first kappa shape index (κ1) is 4.86. The quantitative estimate of drug-likeness (QED) is 0.491. The van der Waals surface area contributed by atoms with Crippen LogP contribution in [0.1, 0.15) is 19.3 Å². The van der Waals surface area contributed by atoms with E-state index in [9.17, 15) is 4.79 Å². The first-order chi connectivity index (χ1) is 3.86. The molecule has 0 N–H and O–H groups in total. The fourth-order valence-electron chi connectivity index (χ4n) is 1.52. The summed E-state index contributed by atoms with van der Waals surface area (Å²) in [7, 11) is 0. The highest BCUT2D eigenvalue weighted by Crippen LogP contribution is 2.44. The predicted molar refractivity (Wildman–Crippen MR) is 33.7 cm³/mol. The maximum Gasteiger partial charge on any atom is 0.192 e. The summed E-state index contributed by atoms with van der Waals surface area (Å²) in [6.45, 7) is 0. The van der Waals surface area contributed by atoms with E-state index in [2.05, 4.69) is 0 Å². The van der Waals surface area contributed by atoms with E-state index in [1.165, 1.54) is 19.3 Å². The van der Waals surface area contributed by atoms with Crippen molar-refractivity contribution in [3.05, 3.63) is 0 Å². The Kier molecular flexibility index (Phi) is 0.911. The number of fused-ring (bicyclic) bond motifs is 2. The maximum atomic E-state index is 10.8. The Balaban J connectivity index is 2.22. The highest BCUT2D eigenvalue weighted by atomic mass is 32.2. The van der Waals surface area contributed by atoms with Gasteiger partial charge in [0.2, 0.25) is 0 Å². The lowest BCUT2D eigenvalue weighted by Gasteiger charge is -2.04. The summed E-state index contributed by atoms with van der Waals surface area (Å²) in [6, 6.07) is 0. The third-order valence-corrected chi connectivity index (χ3v) is 3.33. The predicted octanol–water partition coefficient (Wildman–Crippen LogP) is 1.43. The topological polar surface area (TPSA) is 17.1 Å². The zero-order chi connectivity index (χ0) is 5.56. The Morgan fingerprint density at radius 2 is 2.38 bits per heavy atom. The smallest absolute Gasteiger partial charge is 0.192 e. The van der Waals surface area contributed by atoms with Crippen molar-refractivity contribution in [2.45, 2.75) is 24.5 Å². The van der Waals surface area contributed by atoms with Crippen molar-refractivity contribution in [2.24, 2.45) is 5.92 Å². The molecule has 2 atom stereocenters. The molecule has 0 aromatic rings. The fourth-order valence-corrected chi connectivity index (χ4v) is 2.84. The van der Waals surface area contributed by atoms with Gasteiger partial charge in [0.05, 0.1) is 0 Å².